The van der Waals surface area contributed by atoms with Gasteiger partial charge in [0.1, 0.15) is 17.4 Å². The van der Waals surface area contributed by atoms with Gasteiger partial charge in [0.05, 0.1) is 31.8 Å². The lowest BCUT2D eigenvalue weighted by atomic mass is 9.83. The summed E-state index contributed by atoms with van der Waals surface area (Å²) in [6.45, 7) is 5.83. The van der Waals surface area contributed by atoms with E-state index in [-0.39, 0.29) is 23.6 Å². The van der Waals surface area contributed by atoms with Crippen LogP contribution in [0.5, 0.6) is 11.5 Å². The highest BCUT2D eigenvalue weighted by molar-refractivity contribution is 5.92. The molecule has 138 valence electrons. The molecule has 0 aliphatic carbocycles. The topological polar surface area (TPSA) is 104 Å². The molecule has 1 aliphatic heterocycles. The Kier molecular flexibility index (Phi) is 6.12. The number of rotatable bonds is 6. The molecule has 1 heterocycles. The van der Waals surface area contributed by atoms with Gasteiger partial charge in [-0.3, -0.25) is 0 Å². The van der Waals surface area contributed by atoms with Gasteiger partial charge < -0.3 is 24.7 Å². The van der Waals surface area contributed by atoms with Crippen molar-refractivity contribution in [1.29, 1.82) is 5.26 Å². The maximum atomic E-state index is 12.5. The van der Waals surface area contributed by atoms with Crippen molar-refractivity contribution < 1.29 is 23.7 Å². The van der Waals surface area contributed by atoms with Gasteiger partial charge in [-0.2, -0.15) is 5.26 Å². The van der Waals surface area contributed by atoms with Crippen LogP contribution in [0.25, 0.3) is 0 Å². The summed E-state index contributed by atoms with van der Waals surface area (Å²) in [7, 11) is 1.54. The molecule has 1 unspecified atom stereocenters. The Morgan fingerprint density at radius 2 is 2.04 bits per heavy atom. The van der Waals surface area contributed by atoms with E-state index in [0.717, 1.165) is 0 Å². The Hall–Kier alpha value is -3.14. The first-order valence-corrected chi connectivity index (χ1v) is 8.24. The van der Waals surface area contributed by atoms with Crippen LogP contribution in [0.4, 0.5) is 0 Å². The molecule has 1 atom stereocenters. The molecule has 0 amide bonds. The van der Waals surface area contributed by atoms with E-state index in [1.807, 2.05) is 13.0 Å². The number of carbonyl (C=O) groups excluding carboxylic acids is 1. The summed E-state index contributed by atoms with van der Waals surface area (Å²) < 4.78 is 21.5. The van der Waals surface area contributed by atoms with E-state index >= 15 is 0 Å². The van der Waals surface area contributed by atoms with Crippen LogP contribution in [0.3, 0.4) is 0 Å². The maximum Gasteiger partial charge on any atom is 0.338 e. The Balaban J connectivity index is 2.63. The number of nitrogens with two attached hydrogens (primary N) is 1. The molecule has 26 heavy (non-hydrogen) atoms. The number of carbonyl (C=O) groups is 1. The predicted octanol–water partition coefficient (Wildman–Crippen LogP) is 2.74. The van der Waals surface area contributed by atoms with Gasteiger partial charge in [-0.1, -0.05) is 6.07 Å². The predicted molar refractivity (Wildman–Crippen MR) is 94.1 cm³/mol. The molecule has 7 nitrogen and oxygen atoms in total. The third kappa shape index (κ3) is 3.59. The number of nitriles is 1. The van der Waals surface area contributed by atoms with Crippen LogP contribution in [-0.2, 0) is 14.3 Å². The number of hydrogen-bond acceptors (Lipinski definition) is 7. The molecule has 0 fully saturated rings. The third-order valence-electron chi connectivity index (χ3n) is 3.92. The zero-order valence-corrected chi connectivity index (χ0v) is 15.3. The first-order valence-electron chi connectivity index (χ1n) is 8.24. The fourth-order valence-corrected chi connectivity index (χ4v) is 2.83. The van der Waals surface area contributed by atoms with Crippen molar-refractivity contribution in [2.75, 3.05) is 20.3 Å². The maximum absolute atomic E-state index is 12.5. The monoisotopic (exact) mass is 358 g/mol. The minimum Gasteiger partial charge on any atom is -0.493 e. The highest BCUT2D eigenvalue weighted by Gasteiger charge is 2.36. The summed E-state index contributed by atoms with van der Waals surface area (Å²) in [5.41, 5.74) is 6.93. The Bertz CT molecular complexity index is 805. The molecule has 0 saturated heterocycles. The molecule has 1 aliphatic rings. The van der Waals surface area contributed by atoms with Crippen LogP contribution in [0.15, 0.2) is 41.0 Å². The Labute approximate surface area is 152 Å². The highest BCUT2D eigenvalue weighted by Crippen LogP contribution is 2.42. The third-order valence-corrected chi connectivity index (χ3v) is 3.92. The van der Waals surface area contributed by atoms with Gasteiger partial charge in [-0.05, 0) is 38.5 Å². The number of allylic oxidation sites excluding steroid dienone is 2. The van der Waals surface area contributed by atoms with Crippen molar-refractivity contribution in [1.82, 2.24) is 0 Å². The van der Waals surface area contributed by atoms with Gasteiger partial charge in [0.15, 0.2) is 11.5 Å². The van der Waals surface area contributed by atoms with Gasteiger partial charge in [0, 0.05) is 0 Å². The van der Waals surface area contributed by atoms with Crippen LogP contribution in [0.1, 0.15) is 32.3 Å². The zero-order chi connectivity index (χ0) is 19.3. The van der Waals surface area contributed by atoms with Gasteiger partial charge in [0.2, 0.25) is 5.88 Å². The van der Waals surface area contributed by atoms with Crippen molar-refractivity contribution in [3.8, 4) is 17.6 Å². The van der Waals surface area contributed by atoms with Gasteiger partial charge in [-0.25, -0.2) is 4.79 Å². The summed E-state index contributed by atoms with van der Waals surface area (Å²) in [5, 5.41) is 9.58. The average molecular weight is 358 g/mol. The van der Waals surface area contributed by atoms with Crippen LogP contribution >= 0.6 is 0 Å². The molecule has 1 aromatic carbocycles. The fraction of sp³-hybridized carbons (Fsp3) is 0.368. The van der Waals surface area contributed by atoms with Crippen LogP contribution in [0.2, 0.25) is 0 Å². The normalized spacial score (nSPS) is 16.7. The summed E-state index contributed by atoms with van der Waals surface area (Å²) >= 11 is 0. The smallest absolute Gasteiger partial charge is 0.338 e. The molecule has 7 heteroatoms. The second kappa shape index (κ2) is 8.30. The lowest BCUT2D eigenvalue weighted by Gasteiger charge is -2.27. The van der Waals surface area contributed by atoms with Gasteiger partial charge >= 0.3 is 5.97 Å². The largest absolute Gasteiger partial charge is 0.493 e. The molecule has 0 saturated carbocycles. The Morgan fingerprint density at radius 1 is 1.31 bits per heavy atom. The molecule has 0 spiro atoms. The average Bonchev–Trinajstić information content (AvgIpc) is 2.61. The molecular weight excluding hydrogens is 336 g/mol. The van der Waals surface area contributed by atoms with E-state index in [2.05, 4.69) is 0 Å². The van der Waals surface area contributed by atoms with E-state index < -0.39 is 11.9 Å². The van der Waals surface area contributed by atoms with Crippen molar-refractivity contribution in [2.45, 2.75) is 26.7 Å². The molecule has 0 radical (unpaired) electrons. The first-order chi connectivity index (χ1) is 12.5. The van der Waals surface area contributed by atoms with Gasteiger partial charge in [-0.15, -0.1) is 0 Å². The minimum atomic E-state index is -0.710. The summed E-state index contributed by atoms with van der Waals surface area (Å²) in [6.07, 6.45) is 0. The van der Waals surface area contributed by atoms with E-state index in [0.29, 0.717) is 29.4 Å². The lowest BCUT2D eigenvalue weighted by molar-refractivity contribution is -0.139. The molecule has 2 rings (SSSR count). The molecule has 2 N–H and O–H groups in total. The van der Waals surface area contributed by atoms with Crippen molar-refractivity contribution in [3.63, 3.8) is 0 Å². The summed E-state index contributed by atoms with van der Waals surface area (Å²) in [5.74, 6) is 0.0738. The second-order valence-corrected chi connectivity index (χ2v) is 5.46. The minimum absolute atomic E-state index is 0.0307. The second-order valence-electron chi connectivity index (χ2n) is 5.46. The van der Waals surface area contributed by atoms with E-state index in [1.54, 1.807) is 39.2 Å². The van der Waals surface area contributed by atoms with E-state index in [4.69, 9.17) is 24.7 Å². The van der Waals surface area contributed by atoms with Crippen molar-refractivity contribution >= 4 is 5.97 Å². The number of hydrogen-bond donors (Lipinski definition) is 1. The summed E-state index contributed by atoms with van der Waals surface area (Å²) in [4.78, 5) is 12.5. The summed E-state index contributed by atoms with van der Waals surface area (Å²) in [6, 6.07) is 7.26. The van der Waals surface area contributed by atoms with E-state index in [9.17, 15) is 10.1 Å². The standard InChI is InChI=1S/C19H22N2O5/c1-5-24-15-9-12(7-8-14(15)23-4)17-13(10-20)18(21)26-11(3)16(17)19(22)25-6-2/h7-9,17H,5-6,21H2,1-4H3. The van der Waals surface area contributed by atoms with Crippen LogP contribution in [-0.4, -0.2) is 26.3 Å². The van der Waals surface area contributed by atoms with Gasteiger partial charge in [0.25, 0.3) is 0 Å². The Morgan fingerprint density at radius 3 is 2.62 bits per heavy atom. The van der Waals surface area contributed by atoms with Crippen LogP contribution in [0, 0.1) is 11.3 Å². The number of benzene rings is 1. The molecule has 0 aromatic heterocycles. The number of nitrogens with zero attached hydrogens (tertiary/aromatic N) is 1. The van der Waals surface area contributed by atoms with E-state index in [1.165, 1.54) is 0 Å². The van der Waals surface area contributed by atoms with Crippen molar-refractivity contribution in [3.05, 3.63) is 46.6 Å². The van der Waals surface area contributed by atoms with Crippen molar-refractivity contribution in [2.24, 2.45) is 5.73 Å². The SMILES string of the molecule is CCOC(=O)C1=C(C)OC(N)=C(C#N)C1c1ccc(OC)c(OCC)c1. The molecular formula is C19H22N2O5. The first kappa shape index (κ1) is 19.2. The fourth-order valence-electron chi connectivity index (χ4n) is 2.83. The quantitative estimate of drug-likeness (QED) is 0.780. The number of methoxy groups -OCH3 is 1. The van der Waals surface area contributed by atoms with Crippen LogP contribution < -0.4 is 15.2 Å². The highest BCUT2D eigenvalue weighted by atomic mass is 16.5. The lowest BCUT2D eigenvalue weighted by Crippen LogP contribution is -2.25. The molecule has 0 bridgehead atoms. The zero-order valence-electron chi connectivity index (χ0n) is 15.3. The number of esters is 1. The molecule has 1 aromatic rings. The number of ether oxygens (including phenoxy) is 4.